The van der Waals surface area contributed by atoms with Crippen LogP contribution in [0.1, 0.15) is 17.5 Å². The van der Waals surface area contributed by atoms with Crippen molar-refractivity contribution in [3.05, 3.63) is 58.1 Å². The molecule has 1 aliphatic heterocycles. The molecule has 4 nitrogen and oxygen atoms in total. The number of amides is 2. The number of halogens is 1. The van der Waals surface area contributed by atoms with Crippen molar-refractivity contribution in [1.82, 2.24) is 0 Å². The quantitative estimate of drug-likeness (QED) is 0.864. The summed E-state index contributed by atoms with van der Waals surface area (Å²) in [4.78, 5) is 26.5. The number of nitrogens with zero attached hydrogens (tertiary/aromatic N) is 1. The summed E-state index contributed by atoms with van der Waals surface area (Å²) in [5, 5.41) is 2.94. The Balaban J connectivity index is 1.70. The predicted octanol–water partition coefficient (Wildman–Crippen LogP) is 4.06. The summed E-state index contributed by atoms with van der Waals surface area (Å²) in [6, 6.07) is 13.5. The van der Waals surface area contributed by atoms with Crippen LogP contribution in [0.25, 0.3) is 0 Å². The molecule has 24 heavy (non-hydrogen) atoms. The Morgan fingerprint density at radius 1 is 1.12 bits per heavy atom. The first kappa shape index (κ1) is 16.7. The van der Waals surface area contributed by atoms with Crippen molar-refractivity contribution in [2.45, 2.75) is 20.3 Å². The largest absolute Gasteiger partial charge is 0.326 e. The van der Waals surface area contributed by atoms with Crippen molar-refractivity contribution < 1.29 is 9.59 Å². The van der Waals surface area contributed by atoms with E-state index in [0.29, 0.717) is 6.54 Å². The fourth-order valence-corrected chi connectivity index (χ4v) is 3.31. The molecule has 2 aromatic rings. The molecule has 1 saturated heterocycles. The Hall–Kier alpha value is -2.14. The number of carbonyl (C=O) groups is 2. The van der Waals surface area contributed by atoms with Crippen molar-refractivity contribution in [2.75, 3.05) is 16.8 Å². The number of carbonyl (C=O) groups excluding carboxylic acids is 2. The lowest BCUT2D eigenvalue weighted by Crippen LogP contribution is -2.28. The maximum atomic E-state index is 12.5. The number of nitrogens with one attached hydrogen (secondary N) is 1. The Labute approximate surface area is 150 Å². The minimum absolute atomic E-state index is 0.0158. The van der Waals surface area contributed by atoms with E-state index in [4.69, 9.17) is 0 Å². The lowest BCUT2D eigenvalue weighted by molar-refractivity contribution is -0.122. The zero-order valence-corrected chi connectivity index (χ0v) is 15.3. The van der Waals surface area contributed by atoms with Crippen molar-refractivity contribution in [1.29, 1.82) is 0 Å². The number of rotatable bonds is 3. The number of benzene rings is 2. The minimum Gasteiger partial charge on any atom is -0.326 e. The summed E-state index contributed by atoms with van der Waals surface area (Å²) >= 11 is 3.39. The van der Waals surface area contributed by atoms with Crippen LogP contribution < -0.4 is 10.2 Å². The predicted molar refractivity (Wildman–Crippen MR) is 99.1 cm³/mol. The first-order chi connectivity index (χ1) is 11.4. The number of hydrogen-bond acceptors (Lipinski definition) is 2. The average molecular weight is 387 g/mol. The van der Waals surface area contributed by atoms with Crippen molar-refractivity contribution in [2.24, 2.45) is 5.92 Å². The molecule has 1 heterocycles. The van der Waals surface area contributed by atoms with Crippen LogP contribution in [-0.4, -0.2) is 18.4 Å². The van der Waals surface area contributed by atoms with Gasteiger partial charge in [-0.05, 0) is 61.4 Å². The summed E-state index contributed by atoms with van der Waals surface area (Å²) < 4.78 is 0.960. The monoisotopic (exact) mass is 386 g/mol. The highest BCUT2D eigenvalue weighted by molar-refractivity contribution is 9.10. The van der Waals surface area contributed by atoms with E-state index >= 15 is 0 Å². The zero-order chi connectivity index (χ0) is 17.3. The summed E-state index contributed by atoms with van der Waals surface area (Å²) in [7, 11) is 0. The van der Waals surface area contributed by atoms with Crippen LogP contribution >= 0.6 is 15.9 Å². The van der Waals surface area contributed by atoms with Crippen molar-refractivity contribution in [3.8, 4) is 0 Å². The number of aryl methyl sites for hydroxylation is 2. The van der Waals surface area contributed by atoms with Crippen LogP contribution in [0.4, 0.5) is 11.4 Å². The number of anilines is 2. The van der Waals surface area contributed by atoms with Gasteiger partial charge in [-0.1, -0.05) is 22.0 Å². The van der Waals surface area contributed by atoms with E-state index in [-0.39, 0.29) is 24.2 Å². The Morgan fingerprint density at radius 3 is 2.38 bits per heavy atom. The van der Waals surface area contributed by atoms with Gasteiger partial charge in [0.1, 0.15) is 0 Å². The molecule has 1 N–H and O–H groups in total. The molecule has 0 unspecified atom stereocenters. The first-order valence-corrected chi connectivity index (χ1v) is 8.67. The molecule has 1 aliphatic rings. The molecule has 1 fully saturated rings. The molecule has 1 atom stereocenters. The second-order valence-electron chi connectivity index (χ2n) is 6.25. The van der Waals surface area contributed by atoms with E-state index in [1.54, 1.807) is 4.90 Å². The van der Waals surface area contributed by atoms with E-state index in [1.807, 2.05) is 50.2 Å². The van der Waals surface area contributed by atoms with Gasteiger partial charge in [0.2, 0.25) is 11.8 Å². The Kier molecular flexibility index (Phi) is 4.71. The van der Waals surface area contributed by atoms with Crippen LogP contribution in [0.5, 0.6) is 0 Å². The van der Waals surface area contributed by atoms with Crippen LogP contribution in [0.3, 0.4) is 0 Å². The average Bonchev–Trinajstić information content (AvgIpc) is 2.89. The SMILES string of the molecule is Cc1cc(C)cc(NC(=O)[C@@H]2CC(=O)N(c3ccc(Br)cc3)C2)c1. The maximum absolute atomic E-state index is 12.5. The molecule has 3 rings (SSSR count). The smallest absolute Gasteiger partial charge is 0.229 e. The third-order valence-corrected chi connectivity index (χ3v) is 4.65. The highest BCUT2D eigenvalue weighted by Gasteiger charge is 2.35. The Morgan fingerprint density at radius 2 is 1.75 bits per heavy atom. The number of hydrogen-bond donors (Lipinski definition) is 1. The lowest BCUT2D eigenvalue weighted by atomic mass is 10.1. The minimum atomic E-state index is -0.332. The summed E-state index contributed by atoms with van der Waals surface area (Å²) in [5.74, 6) is -0.451. The zero-order valence-electron chi connectivity index (χ0n) is 13.7. The lowest BCUT2D eigenvalue weighted by Gasteiger charge is -2.17. The maximum Gasteiger partial charge on any atom is 0.229 e. The molecule has 0 radical (unpaired) electrons. The highest BCUT2D eigenvalue weighted by Crippen LogP contribution is 2.27. The normalized spacial score (nSPS) is 17.2. The van der Waals surface area contributed by atoms with Crippen LogP contribution in [0, 0.1) is 19.8 Å². The van der Waals surface area contributed by atoms with Crippen LogP contribution in [-0.2, 0) is 9.59 Å². The van der Waals surface area contributed by atoms with E-state index in [0.717, 1.165) is 27.0 Å². The van der Waals surface area contributed by atoms with Gasteiger partial charge in [0.15, 0.2) is 0 Å². The molecule has 2 aromatic carbocycles. The molecule has 5 heteroatoms. The fourth-order valence-electron chi connectivity index (χ4n) is 3.04. The summed E-state index contributed by atoms with van der Waals surface area (Å²) in [6.45, 7) is 4.41. The van der Waals surface area contributed by atoms with Gasteiger partial charge in [0.25, 0.3) is 0 Å². The molecule has 124 valence electrons. The van der Waals surface area contributed by atoms with Gasteiger partial charge in [-0.15, -0.1) is 0 Å². The standard InChI is InChI=1S/C19H19BrN2O2/c1-12-7-13(2)9-16(8-12)21-19(24)14-10-18(23)22(11-14)17-5-3-15(20)4-6-17/h3-9,14H,10-11H2,1-2H3,(H,21,24)/t14-/m1/s1. The van der Waals surface area contributed by atoms with E-state index in [9.17, 15) is 9.59 Å². The molecule has 0 saturated carbocycles. The molecular formula is C19H19BrN2O2. The van der Waals surface area contributed by atoms with Gasteiger partial charge < -0.3 is 10.2 Å². The topological polar surface area (TPSA) is 49.4 Å². The van der Waals surface area contributed by atoms with Gasteiger partial charge in [-0.25, -0.2) is 0 Å². The second kappa shape index (κ2) is 6.77. The molecule has 0 aromatic heterocycles. The van der Waals surface area contributed by atoms with E-state index in [1.165, 1.54) is 0 Å². The molecule has 0 spiro atoms. The van der Waals surface area contributed by atoms with Crippen LogP contribution in [0.2, 0.25) is 0 Å². The molecule has 0 bridgehead atoms. The van der Waals surface area contributed by atoms with Crippen molar-refractivity contribution in [3.63, 3.8) is 0 Å². The summed E-state index contributed by atoms with van der Waals surface area (Å²) in [6.07, 6.45) is 0.243. The summed E-state index contributed by atoms with van der Waals surface area (Å²) in [5.41, 5.74) is 3.81. The third-order valence-electron chi connectivity index (χ3n) is 4.12. The second-order valence-corrected chi connectivity index (χ2v) is 7.16. The van der Waals surface area contributed by atoms with E-state index in [2.05, 4.69) is 27.3 Å². The van der Waals surface area contributed by atoms with E-state index < -0.39 is 0 Å². The molecule has 2 amide bonds. The van der Waals surface area contributed by atoms with Gasteiger partial charge in [-0.2, -0.15) is 0 Å². The molecule has 0 aliphatic carbocycles. The molecular weight excluding hydrogens is 368 g/mol. The van der Waals surface area contributed by atoms with Gasteiger partial charge in [0.05, 0.1) is 5.92 Å². The third kappa shape index (κ3) is 3.67. The van der Waals surface area contributed by atoms with Crippen molar-refractivity contribution >= 4 is 39.1 Å². The van der Waals surface area contributed by atoms with Crippen LogP contribution in [0.15, 0.2) is 46.9 Å². The first-order valence-electron chi connectivity index (χ1n) is 7.87. The van der Waals surface area contributed by atoms with Gasteiger partial charge in [-0.3, -0.25) is 9.59 Å². The van der Waals surface area contributed by atoms with Gasteiger partial charge >= 0.3 is 0 Å². The fraction of sp³-hybridized carbons (Fsp3) is 0.263. The van der Waals surface area contributed by atoms with Gasteiger partial charge in [0, 0.05) is 28.8 Å². The Bertz CT molecular complexity index is 766. The highest BCUT2D eigenvalue weighted by atomic mass is 79.9.